The number of nitrogens with one attached hydrogen (secondary N) is 1. The van der Waals surface area contributed by atoms with Gasteiger partial charge in [-0.05, 0) is 37.1 Å². The molecular weight excluding hydrogens is 298 g/mol. The zero-order valence-corrected chi connectivity index (χ0v) is 13.5. The number of benzene rings is 1. The molecule has 1 amide bonds. The van der Waals surface area contributed by atoms with Crippen molar-refractivity contribution in [2.24, 2.45) is 0 Å². The highest BCUT2D eigenvalue weighted by Gasteiger charge is 2.08. The average molecular weight is 319 g/mol. The fraction of sp³-hybridized carbons (Fsp3) is 0.353. The van der Waals surface area contributed by atoms with E-state index in [1.54, 1.807) is 24.3 Å². The first-order chi connectivity index (χ1) is 11.0. The summed E-state index contributed by atoms with van der Waals surface area (Å²) in [5.74, 6) is -1.36. The van der Waals surface area contributed by atoms with Gasteiger partial charge in [-0.2, -0.15) is 0 Å². The van der Waals surface area contributed by atoms with Gasteiger partial charge in [-0.25, -0.2) is 9.59 Å². The lowest BCUT2D eigenvalue weighted by molar-refractivity contribution is -0.144. The van der Waals surface area contributed by atoms with Gasteiger partial charge in [0.1, 0.15) is 0 Å². The molecule has 0 unspecified atom stereocenters. The zero-order valence-electron chi connectivity index (χ0n) is 13.5. The average Bonchev–Trinajstić information content (AvgIpc) is 2.57. The maximum Gasteiger partial charge on any atom is 0.337 e. The van der Waals surface area contributed by atoms with Crippen molar-refractivity contribution in [3.63, 3.8) is 0 Å². The Morgan fingerprint density at radius 2 is 1.87 bits per heavy atom. The van der Waals surface area contributed by atoms with Gasteiger partial charge in [-0.1, -0.05) is 19.1 Å². The molecule has 0 aliphatic heterocycles. The molecule has 0 bridgehead atoms. The van der Waals surface area contributed by atoms with Crippen molar-refractivity contribution in [2.45, 2.75) is 26.3 Å². The maximum atomic E-state index is 11.5. The molecule has 0 heterocycles. The number of esters is 2. The van der Waals surface area contributed by atoms with Crippen LogP contribution in [0.15, 0.2) is 30.3 Å². The number of methoxy groups -OCH3 is 1. The Bertz CT molecular complexity index is 577. The number of carbonyl (C=O) groups excluding carboxylic acids is 3. The highest BCUT2D eigenvalue weighted by molar-refractivity contribution is 5.91. The molecule has 6 heteroatoms. The van der Waals surface area contributed by atoms with Gasteiger partial charge in [0.15, 0.2) is 6.61 Å². The molecule has 1 rings (SSSR count). The van der Waals surface area contributed by atoms with E-state index in [2.05, 4.69) is 10.1 Å². The summed E-state index contributed by atoms with van der Waals surface area (Å²) in [7, 11) is 1.31. The van der Waals surface area contributed by atoms with E-state index in [1.807, 2.05) is 13.8 Å². The smallest absolute Gasteiger partial charge is 0.337 e. The summed E-state index contributed by atoms with van der Waals surface area (Å²) < 4.78 is 9.43. The Labute approximate surface area is 135 Å². The molecule has 0 aliphatic carbocycles. The van der Waals surface area contributed by atoms with Crippen molar-refractivity contribution in [1.29, 1.82) is 0 Å². The molecule has 0 fully saturated rings. The lowest BCUT2D eigenvalue weighted by Crippen LogP contribution is -2.35. The van der Waals surface area contributed by atoms with E-state index in [-0.39, 0.29) is 18.6 Å². The highest BCUT2D eigenvalue weighted by Crippen LogP contribution is 2.07. The van der Waals surface area contributed by atoms with Crippen LogP contribution in [0.5, 0.6) is 0 Å². The molecule has 0 saturated heterocycles. The van der Waals surface area contributed by atoms with E-state index in [0.29, 0.717) is 5.56 Å². The predicted octanol–water partition coefficient (Wildman–Crippen LogP) is 1.94. The maximum absolute atomic E-state index is 11.5. The van der Waals surface area contributed by atoms with Crippen molar-refractivity contribution < 1.29 is 23.9 Å². The van der Waals surface area contributed by atoms with E-state index in [1.165, 1.54) is 19.3 Å². The zero-order chi connectivity index (χ0) is 17.2. The minimum absolute atomic E-state index is 0.0464. The number of ether oxygens (including phenoxy) is 2. The van der Waals surface area contributed by atoms with Crippen molar-refractivity contribution in [1.82, 2.24) is 5.32 Å². The van der Waals surface area contributed by atoms with Crippen molar-refractivity contribution in [3.8, 4) is 0 Å². The van der Waals surface area contributed by atoms with Gasteiger partial charge in [0.2, 0.25) is 0 Å². The van der Waals surface area contributed by atoms with Crippen LogP contribution in [0.2, 0.25) is 0 Å². The van der Waals surface area contributed by atoms with Crippen molar-refractivity contribution in [3.05, 3.63) is 41.5 Å². The van der Waals surface area contributed by atoms with Crippen LogP contribution < -0.4 is 5.32 Å². The third-order valence-electron chi connectivity index (χ3n) is 3.11. The molecule has 0 aromatic heterocycles. The van der Waals surface area contributed by atoms with Gasteiger partial charge < -0.3 is 14.8 Å². The third-order valence-corrected chi connectivity index (χ3v) is 3.11. The fourth-order valence-corrected chi connectivity index (χ4v) is 1.62. The minimum atomic E-state index is -0.610. The Hall–Kier alpha value is -2.63. The largest absolute Gasteiger partial charge is 0.465 e. The van der Waals surface area contributed by atoms with Gasteiger partial charge >= 0.3 is 11.9 Å². The molecule has 0 saturated carbocycles. The highest BCUT2D eigenvalue weighted by atomic mass is 16.5. The number of hydrogen-bond donors (Lipinski definition) is 1. The summed E-state index contributed by atoms with van der Waals surface area (Å²) in [6.45, 7) is 3.51. The second kappa shape index (κ2) is 9.40. The first-order valence-corrected chi connectivity index (χ1v) is 7.28. The molecule has 124 valence electrons. The van der Waals surface area contributed by atoms with E-state index in [4.69, 9.17) is 4.74 Å². The van der Waals surface area contributed by atoms with Gasteiger partial charge in [0.05, 0.1) is 12.7 Å². The topological polar surface area (TPSA) is 81.7 Å². The van der Waals surface area contributed by atoms with Crippen LogP contribution in [0.3, 0.4) is 0 Å². The van der Waals surface area contributed by atoms with Crippen LogP contribution in [-0.4, -0.2) is 37.6 Å². The third kappa shape index (κ3) is 6.78. The number of carbonyl (C=O) groups is 3. The molecule has 0 spiro atoms. The lowest BCUT2D eigenvalue weighted by atomic mass is 10.1. The molecule has 0 aliphatic rings. The normalized spacial score (nSPS) is 11.8. The lowest BCUT2D eigenvalue weighted by Gasteiger charge is -2.10. The van der Waals surface area contributed by atoms with Crippen LogP contribution >= 0.6 is 0 Å². The van der Waals surface area contributed by atoms with E-state index in [0.717, 1.165) is 12.0 Å². The van der Waals surface area contributed by atoms with Crippen molar-refractivity contribution >= 4 is 23.9 Å². The SMILES string of the molecule is CC[C@H](C)NC(=O)COC(=O)/C=C/c1ccc(C(=O)OC)cc1. The summed E-state index contributed by atoms with van der Waals surface area (Å²) >= 11 is 0. The predicted molar refractivity (Wildman–Crippen MR) is 85.7 cm³/mol. The van der Waals surface area contributed by atoms with E-state index < -0.39 is 11.9 Å². The quantitative estimate of drug-likeness (QED) is 0.613. The number of rotatable bonds is 7. The molecule has 1 N–H and O–H groups in total. The molecule has 6 nitrogen and oxygen atoms in total. The molecular formula is C17H21NO5. The van der Waals surface area contributed by atoms with Crippen molar-refractivity contribution in [2.75, 3.05) is 13.7 Å². The number of hydrogen-bond acceptors (Lipinski definition) is 5. The van der Waals surface area contributed by atoms with E-state index in [9.17, 15) is 14.4 Å². The Morgan fingerprint density at radius 1 is 1.22 bits per heavy atom. The van der Waals surface area contributed by atoms with E-state index >= 15 is 0 Å². The van der Waals surface area contributed by atoms with Crippen LogP contribution in [0.25, 0.3) is 6.08 Å². The summed E-state index contributed by atoms with van der Waals surface area (Å²) in [5.41, 5.74) is 1.15. The molecule has 1 atom stereocenters. The Morgan fingerprint density at radius 3 is 2.43 bits per heavy atom. The first-order valence-electron chi connectivity index (χ1n) is 7.28. The first kappa shape index (κ1) is 18.4. The van der Waals surface area contributed by atoms with Gasteiger partial charge in [-0.15, -0.1) is 0 Å². The monoisotopic (exact) mass is 319 g/mol. The summed E-state index contributed by atoms with van der Waals surface area (Å²) in [5, 5.41) is 2.70. The number of amides is 1. The van der Waals surface area contributed by atoms with Gasteiger partial charge in [-0.3, -0.25) is 4.79 Å². The molecule has 0 radical (unpaired) electrons. The molecule has 1 aromatic rings. The second-order valence-electron chi connectivity index (χ2n) is 4.93. The molecule has 23 heavy (non-hydrogen) atoms. The Kier molecular flexibility index (Phi) is 7.53. The summed E-state index contributed by atoms with van der Waals surface area (Å²) in [6.07, 6.45) is 3.57. The minimum Gasteiger partial charge on any atom is -0.465 e. The standard InChI is InChI=1S/C17H21NO5/c1-4-12(2)18-15(19)11-23-16(20)10-7-13-5-8-14(9-6-13)17(21)22-3/h5-10,12H,4,11H2,1-3H3,(H,18,19)/b10-7+/t12-/m0/s1. The van der Waals surface area contributed by atoms with Crippen LogP contribution in [0, 0.1) is 0 Å². The molecule has 1 aromatic carbocycles. The summed E-state index contributed by atoms with van der Waals surface area (Å²) in [4.78, 5) is 34.3. The van der Waals surface area contributed by atoms with Crippen LogP contribution in [0.1, 0.15) is 36.2 Å². The van der Waals surface area contributed by atoms with Crippen LogP contribution in [0.4, 0.5) is 0 Å². The Balaban J connectivity index is 2.46. The second-order valence-corrected chi connectivity index (χ2v) is 4.93. The summed E-state index contributed by atoms with van der Waals surface area (Å²) in [6, 6.07) is 6.58. The van der Waals surface area contributed by atoms with Crippen LogP contribution in [-0.2, 0) is 19.1 Å². The van der Waals surface area contributed by atoms with Gasteiger partial charge in [0, 0.05) is 12.1 Å². The van der Waals surface area contributed by atoms with Gasteiger partial charge in [0.25, 0.3) is 5.91 Å². The fourth-order valence-electron chi connectivity index (χ4n) is 1.62.